The van der Waals surface area contributed by atoms with Gasteiger partial charge in [0.15, 0.2) is 0 Å². The average molecular weight is 281 g/mol. The number of hydrogen-bond acceptors (Lipinski definition) is 4. The average Bonchev–Trinajstić information content (AvgIpc) is 2.99. The number of benzene rings is 1. The molecule has 2 aromatic rings. The molecule has 1 N–H and O–H groups in total. The van der Waals surface area contributed by atoms with Gasteiger partial charge in [-0.15, -0.1) is 11.3 Å². The molecule has 0 aliphatic carbocycles. The molecule has 0 fully saturated rings. The number of para-hydroxylation sites is 1. The summed E-state index contributed by atoms with van der Waals surface area (Å²) in [6.07, 6.45) is 0. The van der Waals surface area contributed by atoms with Crippen molar-refractivity contribution < 1.29 is 13.2 Å². The Balaban J connectivity index is 1.88. The summed E-state index contributed by atoms with van der Waals surface area (Å²) in [7, 11) is -3.45. The van der Waals surface area contributed by atoms with Gasteiger partial charge in [-0.25, -0.2) is 8.42 Å². The molecular weight excluding hydrogens is 270 g/mol. The van der Waals surface area contributed by atoms with Crippen LogP contribution in [0.5, 0.6) is 5.75 Å². The maximum absolute atomic E-state index is 12.1. The zero-order valence-electron chi connectivity index (χ0n) is 9.37. The van der Waals surface area contributed by atoms with Crippen LogP contribution in [0.4, 0.5) is 0 Å². The van der Waals surface area contributed by atoms with Crippen molar-refractivity contribution >= 4 is 21.4 Å². The van der Waals surface area contributed by atoms with Gasteiger partial charge in [-0.05, 0) is 17.5 Å². The topological polar surface area (TPSA) is 55.4 Å². The Kier molecular flexibility index (Phi) is 2.85. The summed E-state index contributed by atoms with van der Waals surface area (Å²) in [4.78, 5) is 0. The smallest absolute Gasteiger partial charge is 0.250 e. The summed E-state index contributed by atoms with van der Waals surface area (Å²) in [5.41, 5.74) is 0.887. The van der Waals surface area contributed by atoms with E-state index in [0.29, 0.717) is 10.8 Å². The molecule has 2 heterocycles. The van der Waals surface area contributed by atoms with E-state index < -0.39 is 10.0 Å². The Labute approximate surface area is 109 Å². The number of hydrogen-bond donors (Lipinski definition) is 1. The van der Waals surface area contributed by atoms with Gasteiger partial charge < -0.3 is 4.74 Å². The lowest BCUT2D eigenvalue weighted by atomic mass is 10.1. The zero-order valence-corrected chi connectivity index (χ0v) is 11.0. The number of nitrogens with one attached hydrogen (secondary N) is 1. The molecule has 1 unspecified atom stereocenters. The Morgan fingerprint density at radius 2 is 2.06 bits per heavy atom. The highest BCUT2D eigenvalue weighted by atomic mass is 32.2. The van der Waals surface area contributed by atoms with Gasteiger partial charge in [-0.3, -0.25) is 0 Å². The van der Waals surface area contributed by atoms with Gasteiger partial charge in [-0.1, -0.05) is 24.3 Å². The Morgan fingerprint density at radius 3 is 2.83 bits per heavy atom. The molecule has 3 rings (SSSR count). The molecule has 0 amide bonds. The van der Waals surface area contributed by atoms with Crippen LogP contribution in [0.3, 0.4) is 0 Å². The molecule has 1 aliphatic rings. The molecule has 0 spiro atoms. The van der Waals surface area contributed by atoms with E-state index in [4.69, 9.17) is 4.74 Å². The van der Waals surface area contributed by atoms with Gasteiger partial charge >= 0.3 is 0 Å². The molecule has 18 heavy (non-hydrogen) atoms. The van der Waals surface area contributed by atoms with Gasteiger partial charge in [0, 0.05) is 5.56 Å². The van der Waals surface area contributed by atoms with Crippen LogP contribution >= 0.6 is 11.3 Å². The molecule has 0 radical (unpaired) electrons. The molecule has 4 nitrogen and oxygen atoms in total. The van der Waals surface area contributed by atoms with Gasteiger partial charge in [-0.2, -0.15) is 4.72 Å². The fraction of sp³-hybridized carbons (Fsp3) is 0.167. The molecule has 1 aromatic carbocycles. The van der Waals surface area contributed by atoms with E-state index in [0.717, 1.165) is 11.3 Å². The van der Waals surface area contributed by atoms with E-state index in [9.17, 15) is 8.42 Å². The second kappa shape index (κ2) is 4.38. The third-order valence-corrected chi connectivity index (χ3v) is 5.63. The van der Waals surface area contributed by atoms with Crippen LogP contribution in [0, 0.1) is 0 Å². The summed E-state index contributed by atoms with van der Waals surface area (Å²) in [6.45, 7) is 0.337. The quantitative estimate of drug-likeness (QED) is 0.938. The second-order valence-electron chi connectivity index (χ2n) is 3.95. The van der Waals surface area contributed by atoms with Crippen molar-refractivity contribution in [3.8, 4) is 5.75 Å². The number of rotatable bonds is 3. The second-order valence-corrected chi connectivity index (χ2v) is 6.84. The van der Waals surface area contributed by atoms with Crippen LogP contribution < -0.4 is 9.46 Å². The number of thiophene rings is 1. The minimum atomic E-state index is -3.45. The van der Waals surface area contributed by atoms with Gasteiger partial charge in [0.2, 0.25) is 0 Å². The highest BCUT2D eigenvalue weighted by Crippen LogP contribution is 2.33. The summed E-state index contributed by atoms with van der Waals surface area (Å²) in [5, 5.41) is 1.74. The first kappa shape index (κ1) is 11.7. The van der Waals surface area contributed by atoms with Crippen LogP contribution in [0.2, 0.25) is 0 Å². The lowest BCUT2D eigenvalue weighted by Gasteiger charge is -2.10. The van der Waals surface area contributed by atoms with Gasteiger partial charge in [0.1, 0.15) is 16.6 Å². The van der Waals surface area contributed by atoms with E-state index in [2.05, 4.69) is 4.72 Å². The molecule has 0 bridgehead atoms. The van der Waals surface area contributed by atoms with E-state index >= 15 is 0 Å². The van der Waals surface area contributed by atoms with Crippen LogP contribution in [-0.2, 0) is 10.0 Å². The third-order valence-electron chi connectivity index (χ3n) is 2.76. The fourth-order valence-corrected chi connectivity index (χ4v) is 4.13. The van der Waals surface area contributed by atoms with Crippen molar-refractivity contribution in [3.05, 3.63) is 47.3 Å². The SMILES string of the molecule is O=S(=O)(NC1COc2ccccc21)c1cccs1. The Morgan fingerprint density at radius 1 is 1.22 bits per heavy atom. The third kappa shape index (κ3) is 2.03. The standard InChI is InChI=1S/C12H11NO3S2/c14-18(15,12-6-3-7-17-12)13-10-8-16-11-5-2-1-4-9(10)11/h1-7,10,13H,8H2. The Hall–Kier alpha value is -1.37. The highest BCUT2D eigenvalue weighted by Gasteiger charge is 2.28. The zero-order chi connectivity index (χ0) is 12.6. The molecule has 1 aromatic heterocycles. The monoisotopic (exact) mass is 281 g/mol. The number of sulfonamides is 1. The first-order valence-electron chi connectivity index (χ1n) is 5.44. The van der Waals surface area contributed by atoms with Crippen LogP contribution in [-0.4, -0.2) is 15.0 Å². The minimum Gasteiger partial charge on any atom is -0.491 e. The summed E-state index contributed by atoms with van der Waals surface area (Å²) in [5.74, 6) is 0.747. The maximum Gasteiger partial charge on any atom is 0.250 e. The summed E-state index contributed by atoms with van der Waals surface area (Å²) in [6, 6.07) is 10.5. The van der Waals surface area contributed by atoms with Crippen molar-refractivity contribution in [1.29, 1.82) is 0 Å². The maximum atomic E-state index is 12.1. The van der Waals surface area contributed by atoms with Gasteiger partial charge in [0.05, 0.1) is 6.04 Å². The van der Waals surface area contributed by atoms with Crippen LogP contribution in [0.1, 0.15) is 11.6 Å². The summed E-state index contributed by atoms with van der Waals surface area (Å²) >= 11 is 1.20. The van der Waals surface area contributed by atoms with E-state index in [1.807, 2.05) is 24.3 Å². The predicted molar refractivity (Wildman–Crippen MR) is 69.3 cm³/mol. The molecule has 1 aliphatic heterocycles. The highest BCUT2D eigenvalue weighted by molar-refractivity contribution is 7.91. The molecular formula is C12H11NO3S2. The van der Waals surface area contributed by atoms with Crippen molar-refractivity contribution in [1.82, 2.24) is 4.72 Å². The largest absolute Gasteiger partial charge is 0.491 e. The number of ether oxygens (including phenoxy) is 1. The van der Waals surface area contributed by atoms with Crippen molar-refractivity contribution in [3.63, 3.8) is 0 Å². The molecule has 0 saturated carbocycles. The van der Waals surface area contributed by atoms with E-state index in [1.54, 1.807) is 17.5 Å². The normalized spacial score (nSPS) is 18.3. The number of fused-ring (bicyclic) bond motifs is 1. The van der Waals surface area contributed by atoms with Crippen LogP contribution in [0.25, 0.3) is 0 Å². The lowest BCUT2D eigenvalue weighted by molar-refractivity contribution is 0.325. The molecule has 94 valence electrons. The first-order chi connectivity index (χ1) is 8.67. The van der Waals surface area contributed by atoms with Crippen molar-refractivity contribution in [2.45, 2.75) is 10.3 Å². The van der Waals surface area contributed by atoms with E-state index in [-0.39, 0.29) is 6.04 Å². The Bertz CT molecular complexity index is 650. The predicted octanol–water partition coefficient (Wildman–Crippen LogP) is 2.16. The lowest BCUT2D eigenvalue weighted by Crippen LogP contribution is -2.28. The van der Waals surface area contributed by atoms with Crippen molar-refractivity contribution in [2.24, 2.45) is 0 Å². The fourth-order valence-electron chi connectivity index (χ4n) is 1.92. The van der Waals surface area contributed by atoms with E-state index in [1.165, 1.54) is 11.3 Å². The molecule has 1 atom stereocenters. The van der Waals surface area contributed by atoms with Crippen molar-refractivity contribution in [2.75, 3.05) is 6.61 Å². The van der Waals surface area contributed by atoms with Crippen LogP contribution in [0.15, 0.2) is 46.0 Å². The minimum absolute atomic E-state index is 0.312. The molecule has 6 heteroatoms. The molecule has 0 saturated heterocycles. The summed E-state index contributed by atoms with van der Waals surface area (Å²) < 4.78 is 32.7. The van der Waals surface area contributed by atoms with Gasteiger partial charge in [0.25, 0.3) is 10.0 Å². The first-order valence-corrected chi connectivity index (χ1v) is 7.81.